The van der Waals surface area contributed by atoms with Crippen molar-refractivity contribution in [1.82, 2.24) is 4.57 Å². The zero-order valence-electron chi connectivity index (χ0n) is 9.97. The maximum Gasteiger partial charge on any atom is 0.248 e. The summed E-state index contributed by atoms with van der Waals surface area (Å²) in [5.74, 6) is 0. The molecule has 17 heavy (non-hydrogen) atoms. The van der Waals surface area contributed by atoms with Crippen molar-refractivity contribution in [3.05, 3.63) is 60.7 Å². The topological polar surface area (TPSA) is 8.81 Å². The second kappa shape index (κ2) is 4.21. The van der Waals surface area contributed by atoms with E-state index in [-0.39, 0.29) is 0 Å². The molecule has 0 saturated heterocycles. The third-order valence-electron chi connectivity index (χ3n) is 3.43. The van der Waals surface area contributed by atoms with Crippen molar-refractivity contribution >= 4 is 0 Å². The highest BCUT2D eigenvalue weighted by atomic mass is 15.1. The highest BCUT2D eigenvalue weighted by Crippen LogP contribution is 2.24. The van der Waals surface area contributed by atoms with Gasteiger partial charge in [-0.2, -0.15) is 0 Å². The number of hydrogen-bond donors (Lipinski definition) is 0. The van der Waals surface area contributed by atoms with Gasteiger partial charge in [0.1, 0.15) is 18.1 Å². The van der Waals surface area contributed by atoms with Crippen LogP contribution < -0.4 is 4.57 Å². The van der Waals surface area contributed by atoms with E-state index in [0.717, 1.165) is 13.0 Å². The van der Waals surface area contributed by atoms with Crippen molar-refractivity contribution < 1.29 is 4.57 Å². The van der Waals surface area contributed by atoms with Crippen molar-refractivity contribution in [1.29, 1.82) is 0 Å². The summed E-state index contributed by atoms with van der Waals surface area (Å²) in [4.78, 5) is 0. The molecule has 3 rings (SSSR count). The van der Waals surface area contributed by atoms with E-state index in [0.29, 0.717) is 0 Å². The Morgan fingerprint density at radius 1 is 1.29 bits per heavy atom. The Morgan fingerprint density at radius 2 is 2.18 bits per heavy atom. The van der Waals surface area contributed by atoms with Crippen molar-refractivity contribution in [3.63, 3.8) is 0 Å². The summed E-state index contributed by atoms with van der Waals surface area (Å²) < 4.78 is 4.38. The van der Waals surface area contributed by atoms with Crippen LogP contribution in [-0.2, 0) is 19.4 Å². The number of rotatable bonds is 4. The standard InChI is InChI=1S/C15H17N2/c1-2-3-8-16-9-10-17(12-16)15-7-6-13-4-5-14(13)11-15/h2,6-7,9-12H,1,3-5,8H2/q+1. The number of hydrogen-bond acceptors (Lipinski definition) is 0. The summed E-state index contributed by atoms with van der Waals surface area (Å²) in [6.07, 6.45) is 11.8. The van der Waals surface area contributed by atoms with Crippen LogP contribution in [0.3, 0.4) is 0 Å². The quantitative estimate of drug-likeness (QED) is 0.558. The molecule has 0 spiro atoms. The number of nitrogens with zero attached hydrogens (tertiary/aromatic N) is 2. The first-order valence-electron chi connectivity index (χ1n) is 6.17. The highest BCUT2D eigenvalue weighted by Gasteiger charge is 2.15. The third-order valence-corrected chi connectivity index (χ3v) is 3.43. The van der Waals surface area contributed by atoms with Gasteiger partial charge in [-0.1, -0.05) is 12.1 Å². The molecule has 2 heteroatoms. The maximum atomic E-state index is 3.75. The summed E-state index contributed by atoms with van der Waals surface area (Å²) in [5.41, 5.74) is 4.29. The lowest BCUT2D eigenvalue weighted by Crippen LogP contribution is -2.30. The van der Waals surface area contributed by atoms with Crippen molar-refractivity contribution in [2.45, 2.75) is 25.8 Å². The number of benzene rings is 1. The van der Waals surface area contributed by atoms with E-state index in [1.165, 1.54) is 29.7 Å². The first-order valence-corrected chi connectivity index (χ1v) is 6.17. The second-order valence-corrected chi connectivity index (χ2v) is 4.59. The fourth-order valence-electron chi connectivity index (χ4n) is 2.26. The smallest absolute Gasteiger partial charge is 0.236 e. The van der Waals surface area contributed by atoms with Crippen LogP contribution in [0, 0.1) is 0 Å². The molecule has 0 N–H and O–H groups in total. The summed E-state index contributed by atoms with van der Waals surface area (Å²) in [7, 11) is 0. The van der Waals surface area contributed by atoms with Gasteiger partial charge in [0.15, 0.2) is 0 Å². The molecule has 0 fully saturated rings. The molecule has 0 amide bonds. The van der Waals surface area contributed by atoms with Gasteiger partial charge in [-0.05, 0) is 36.1 Å². The van der Waals surface area contributed by atoms with Crippen LogP contribution in [0.2, 0.25) is 0 Å². The summed E-state index contributed by atoms with van der Waals surface area (Å²) in [5, 5.41) is 0. The van der Waals surface area contributed by atoms with Gasteiger partial charge in [-0.3, -0.25) is 0 Å². The van der Waals surface area contributed by atoms with Crippen LogP contribution in [0.25, 0.3) is 5.69 Å². The summed E-state index contributed by atoms with van der Waals surface area (Å²) >= 11 is 0. The molecule has 86 valence electrons. The average Bonchev–Trinajstić information content (AvgIpc) is 2.77. The van der Waals surface area contributed by atoms with Gasteiger partial charge in [0.2, 0.25) is 6.33 Å². The van der Waals surface area contributed by atoms with Gasteiger partial charge in [-0.25, -0.2) is 9.13 Å². The predicted molar refractivity (Wildman–Crippen MR) is 68.2 cm³/mol. The van der Waals surface area contributed by atoms with Gasteiger partial charge in [0.05, 0.1) is 6.54 Å². The van der Waals surface area contributed by atoms with Crippen molar-refractivity contribution in [3.8, 4) is 5.69 Å². The summed E-state index contributed by atoms with van der Waals surface area (Å²) in [6.45, 7) is 4.75. The van der Waals surface area contributed by atoms with Gasteiger partial charge < -0.3 is 0 Å². The molecule has 1 aromatic heterocycles. The van der Waals surface area contributed by atoms with Crippen LogP contribution in [0.1, 0.15) is 17.5 Å². The minimum absolute atomic E-state index is 1.00. The molecule has 0 radical (unpaired) electrons. The normalized spacial score (nSPS) is 12.9. The molecule has 0 atom stereocenters. The molecular formula is C15H17N2+. The van der Waals surface area contributed by atoms with Gasteiger partial charge in [0.25, 0.3) is 0 Å². The Hall–Kier alpha value is -1.83. The minimum Gasteiger partial charge on any atom is -0.236 e. The van der Waals surface area contributed by atoms with Gasteiger partial charge >= 0.3 is 0 Å². The molecule has 0 unspecified atom stereocenters. The van der Waals surface area contributed by atoms with E-state index in [4.69, 9.17) is 0 Å². The Bertz CT molecular complexity index is 552. The lowest BCUT2D eigenvalue weighted by molar-refractivity contribution is -0.695. The lowest BCUT2D eigenvalue weighted by Gasteiger charge is -2.17. The molecule has 1 aliphatic rings. The maximum absolute atomic E-state index is 3.75. The third kappa shape index (κ3) is 1.91. The molecule has 1 aliphatic carbocycles. The lowest BCUT2D eigenvalue weighted by atomic mass is 9.88. The Morgan fingerprint density at radius 3 is 2.88 bits per heavy atom. The van der Waals surface area contributed by atoms with Gasteiger partial charge in [0, 0.05) is 6.42 Å². The minimum atomic E-state index is 1.00. The van der Waals surface area contributed by atoms with Crippen LogP contribution in [-0.4, -0.2) is 4.57 Å². The van der Waals surface area contributed by atoms with Crippen molar-refractivity contribution in [2.24, 2.45) is 0 Å². The molecule has 2 nitrogen and oxygen atoms in total. The van der Waals surface area contributed by atoms with Crippen molar-refractivity contribution in [2.75, 3.05) is 0 Å². The number of imidazole rings is 1. The molecule has 1 aromatic carbocycles. The molecule has 1 heterocycles. The number of aromatic nitrogens is 2. The van der Waals surface area contributed by atoms with Crippen LogP contribution >= 0.6 is 0 Å². The van der Waals surface area contributed by atoms with E-state index in [2.05, 4.69) is 52.6 Å². The Kier molecular flexibility index (Phi) is 2.56. The number of aryl methyl sites for hydroxylation is 3. The van der Waals surface area contributed by atoms with E-state index < -0.39 is 0 Å². The van der Waals surface area contributed by atoms with E-state index in [1.807, 2.05) is 6.08 Å². The first-order chi connectivity index (χ1) is 8.36. The van der Waals surface area contributed by atoms with E-state index in [9.17, 15) is 0 Å². The molecule has 2 aromatic rings. The highest BCUT2D eigenvalue weighted by molar-refractivity contribution is 5.44. The molecular weight excluding hydrogens is 208 g/mol. The first kappa shape index (κ1) is 10.3. The van der Waals surface area contributed by atoms with Crippen LogP contribution in [0.5, 0.6) is 0 Å². The number of fused-ring (bicyclic) bond motifs is 1. The van der Waals surface area contributed by atoms with E-state index in [1.54, 1.807) is 0 Å². The van der Waals surface area contributed by atoms with Gasteiger partial charge in [-0.15, -0.1) is 6.58 Å². The fraction of sp³-hybridized carbons (Fsp3) is 0.267. The molecule has 0 bridgehead atoms. The second-order valence-electron chi connectivity index (χ2n) is 4.59. The van der Waals surface area contributed by atoms with E-state index >= 15 is 0 Å². The zero-order chi connectivity index (χ0) is 11.7. The molecule has 0 saturated carbocycles. The molecule has 0 aliphatic heterocycles. The predicted octanol–water partition coefficient (Wildman–Crippen LogP) is 2.44. The number of allylic oxidation sites excluding steroid dienone is 1. The SMILES string of the molecule is C=CCC[n+]1ccn(-c2ccc3c(c2)CC3)c1. The largest absolute Gasteiger partial charge is 0.248 e. The average molecular weight is 225 g/mol. The zero-order valence-corrected chi connectivity index (χ0v) is 9.97. The fourth-order valence-corrected chi connectivity index (χ4v) is 2.26. The monoisotopic (exact) mass is 225 g/mol. The van der Waals surface area contributed by atoms with Crippen LogP contribution in [0.4, 0.5) is 0 Å². The Balaban J connectivity index is 1.85. The Labute approximate surface area is 102 Å². The summed E-state index contributed by atoms with van der Waals surface area (Å²) in [6, 6.07) is 6.76. The van der Waals surface area contributed by atoms with Crippen LogP contribution in [0.15, 0.2) is 49.6 Å².